The zero-order chi connectivity index (χ0) is 12.7. The molecular weight excluding hydrogens is 212 g/mol. The van der Waals surface area contributed by atoms with E-state index in [1.54, 1.807) is 0 Å². The molecule has 17 heavy (non-hydrogen) atoms. The number of hydrogen-bond acceptors (Lipinski definition) is 3. The van der Waals surface area contributed by atoms with Crippen molar-refractivity contribution < 1.29 is 4.79 Å². The van der Waals surface area contributed by atoms with Crippen LogP contribution < -0.4 is 0 Å². The molecule has 1 rings (SSSR count). The van der Waals surface area contributed by atoms with Gasteiger partial charge in [0.05, 0.1) is 19.0 Å². The Kier molecular flexibility index (Phi) is 5.38. The molecule has 1 atom stereocenters. The van der Waals surface area contributed by atoms with Crippen LogP contribution in [0.1, 0.15) is 30.6 Å². The van der Waals surface area contributed by atoms with Crippen molar-refractivity contribution in [2.24, 2.45) is 0 Å². The summed E-state index contributed by atoms with van der Waals surface area (Å²) in [6, 6.07) is 11.5. The number of nitriles is 1. The van der Waals surface area contributed by atoms with Gasteiger partial charge in [0.2, 0.25) is 0 Å². The molecule has 90 valence electrons. The Bertz CT molecular complexity index is 394. The molecule has 0 saturated heterocycles. The number of rotatable bonds is 6. The quantitative estimate of drug-likeness (QED) is 0.705. The topological polar surface area (TPSA) is 44.1 Å². The minimum Gasteiger partial charge on any atom is -0.293 e. The summed E-state index contributed by atoms with van der Waals surface area (Å²) in [4.78, 5) is 14.0. The maximum Gasteiger partial charge on any atom is 0.176 e. The van der Waals surface area contributed by atoms with Crippen molar-refractivity contribution in [1.29, 1.82) is 5.26 Å². The lowest BCUT2D eigenvalue weighted by molar-refractivity contribution is 0.0906. The summed E-state index contributed by atoms with van der Waals surface area (Å²) < 4.78 is 0. The number of nitrogens with zero attached hydrogens (tertiary/aromatic N) is 2. The highest BCUT2D eigenvalue weighted by atomic mass is 16.1. The molecule has 0 bridgehead atoms. The molecule has 0 N–H and O–H groups in total. The zero-order valence-electron chi connectivity index (χ0n) is 10.4. The van der Waals surface area contributed by atoms with Gasteiger partial charge in [0, 0.05) is 11.6 Å². The van der Waals surface area contributed by atoms with E-state index in [0.717, 1.165) is 12.1 Å². The van der Waals surface area contributed by atoms with E-state index in [4.69, 9.17) is 5.26 Å². The molecule has 0 heterocycles. The molecule has 1 aromatic rings. The van der Waals surface area contributed by atoms with Gasteiger partial charge in [0.25, 0.3) is 0 Å². The van der Waals surface area contributed by atoms with Gasteiger partial charge in [-0.15, -0.1) is 0 Å². The summed E-state index contributed by atoms with van der Waals surface area (Å²) in [6.45, 7) is 5.14. The first kappa shape index (κ1) is 13.4. The number of ketones is 1. The SMILES string of the molecule is CCN(CC(=O)c1ccccc1)[C@H](C)CC#N. The van der Waals surface area contributed by atoms with Crippen LogP contribution in [0.25, 0.3) is 0 Å². The normalized spacial score (nSPS) is 12.1. The lowest BCUT2D eigenvalue weighted by Gasteiger charge is -2.25. The molecule has 0 aliphatic rings. The highest BCUT2D eigenvalue weighted by molar-refractivity contribution is 5.97. The fraction of sp³-hybridized carbons (Fsp3) is 0.429. The second-order valence-corrected chi connectivity index (χ2v) is 4.06. The monoisotopic (exact) mass is 230 g/mol. The third-order valence-electron chi connectivity index (χ3n) is 2.86. The molecule has 0 aliphatic heterocycles. The molecule has 0 spiro atoms. The van der Waals surface area contributed by atoms with E-state index in [1.807, 2.05) is 49.1 Å². The van der Waals surface area contributed by atoms with Crippen molar-refractivity contribution in [2.45, 2.75) is 26.3 Å². The zero-order valence-corrected chi connectivity index (χ0v) is 10.4. The fourth-order valence-corrected chi connectivity index (χ4v) is 1.74. The van der Waals surface area contributed by atoms with E-state index in [1.165, 1.54) is 0 Å². The van der Waals surface area contributed by atoms with Crippen LogP contribution in [-0.4, -0.2) is 29.8 Å². The van der Waals surface area contributed by atoms with E-state index >= 15 is 0 Å². The van der Waals surface area contributed by atoms with Crippen LogP contribution in [0.15, 0.2) is 30.3 Å². The number of likely N-dealkylation sites (N-methyl/N-ethyl adjacent to an activating group) is 1. The second-order valence-electron chi connectivity index (χ2n) is 4.06. The van der Waals surface area contributed by atoms with Crippen LogP contribution in [0.4, 0.5) is 0 Å². The van der Waals surface area contributed by atoms with Gasteiger partial charge in [-0.3, -0.25) is 9.69 Å². The summed E-state index contributed by atoms with van der Waals surface area (Å²) in [5.74, 6) is 0.109. The van der Waals surface area contributed by atoms with Gasteiger partial charge in [-0.1, -0.05) is 37.3 Å². The van der Waals surface area contributed by atoms with Crippen LogP contribution >= 0.6 is 0 Å². The van der Waals surface area contributed by atoms with Crippen LogP contribution in [0.3, 0.4) is 0 Å². The largest absolute Gasteiger partial charge is 0.293 e. The van der Waals surface area contributed by atoms with E-state index in [0.29, 0.717) is 13.0 Å². The summed E-state index contributed by atoms with van der Waals surface area (Å²) in [5.41, 5.74) is 0.732. The van der Waals surface area contributed by atoms with Crippen molar-refractivity contribution in [3.8, 4) is 6.07 Å². The van der Waals surface area contributed by atoms with E-state index in [-0.39, 0.29) is 11.8 Å². The predicted molar refractivity (Wildman–Crippen MR) is 67.7 cm³/mol. The Morgan fingerprint density at radius 2 is 2.06 bits per heavy atom. The Morgan fingerprint density at radius 1 is 1.41 bits per heavy atom. The van der Waals surface area contributed by atoms with Gasteiger partial charge in [0.1, 0.15) is 0 Å². The first-order valence-corrected chi connectivity index (χ1v) is 5.88. The summed E-state index contributed by atoms with van der Waals surface area (Å²) in [6.07, 6.45) is 0.454. The highest BCUT2D eigenvalue weighted by Gasteiger charge is 2.16. The average Bonchev–Trinajstić information content (AvgIpc) is 2.37. The number of carbonyl (C=O) groups excluding carboxylic acids is 1. The van der Waals surface area contributed by atoms with Gasteiger partial charge in [-0.25, -0.2) is 0 Å². The summed E-state index contributed by atoms with van der Waals surface area (Å²) >= 11 is 0. The number of carbonyl (C=O) groups is 1. The molecule has 0 fully saturated rings. The molecule has 0 radical (unpaired) electrons. The van der Waals surface area contributed by atoms with Crippen molar-refractivity contribution in [2.75, 3.05) is 13.1 Å². The number of hydrogen-bond donors (Lipinski definition) is 0. The van der Waals surface area contributed by atoms with Crippen LogP contribution in [0.5, 0.6) is 0 Å². The fourth-order valence-electron chi connectivity index (χ4n) is 1.74. The minimum absolute atomic E-state index is 0.109. The average molecular weight is 230 g/mol. The minimum atomic E-state index is 0.109. The van der Waals surface area contributed by atoms with Crippen molar-refractivity contribution in [3.63, 3.8) is 0 Å². The van der Waals surface area contributed by atoms with Crippen molar-refractivity contribution in [3.05, 3.63) is 35.9 Å². The van der Waals surface area contributed by atoms with Gasteiger partial charge in [-0.2, -0.15) is 5.26 Å². The maximum absolute atomic E-state index is 12.0. The standard InChI is InChI=1S/C14H18N2O/c1-3-16(12(2)9-10-15)11-14(17)13-7-5-4-6-8-13/h4-8,12H,3,9,11H2,1-2H3/t12-/m1/s1. The van der Waals surface area contributed by atoms with Gasteiger partial charge in [0.15, 0.2) is 5.78 Å². The molecule has 3 nitrogen and oxygen atoms in total. The maximum atomic E-state index is 12.0. The second kappa shape index (κ2) is 6.82. The summed E-state index contributed by atoms with van der Waals surface area (Å²) in [7, 11) is 0. The molecule has 1 aromatic carbocycles. The van der Waals surface area contributed by atoms with Crippen LogP contribution in [0, 0.1) is 11.3 Å². The van der Waals surface area contributed by atoms with Crippen molar-refractivity contribution >= 4 is 5.78 Å². The molecule has 0 saturated carbocycles. The molecule has 0 amide bonds. The smallest absolute Gasteiger partial charge is 0.176 e. The molecule has 0 aliphatic carbocycles. The Balaban J connectivity index is 2.63. The van der Waals surface area contributed by atoms with E-state index in [9.17, 15) is 4.79 Å². The summed E-state index contributed by atoms with van der Waals surface area (Å²) in [5, 5.41) is 8.67. The molecule has 0 unspecified atom stereocenters. The van der Waals surface area contributed by atoms with Gasteiger partial charge >= 0.3 is 0 Å². The first-order chi connectivity index (χ1) is 8.19. The third-order valence-corrected chi connectivity index (χ3v) is 2.86. The van der Waals surface area contributed by atoms with E-state index in [2.05, 4.69) is 6.07 Å². The Labute approximate surface area is 103 Å². The highest BCUT2D eigenvalue weighted by Crippen LogP contribution is 2.06. The lowest BCUT2D eigenvalue weighted by Crippen LogP contribution is -2.37. The van der Waals surface area contributed by atoms with Gasteiger partial charge < -0.3 is 0 Å². The third kappa shape index (κ3) is 4.01. The Hall–Kier alpha value is -1.66. The molecule has 3 heteroatoms. The molecule has 0 aromatic heterocycles. The number of benzene rings is 1. The van der Waals surface area contributed by atoms with E-state index < -0.39 is 0 Å². The van der Waals surface area contributed by atoms with Crippen LogP contribution in [-0.2, 0) is 0 Å². The Morgan fingerprint density at radius 3 is 2.59 bits per heavy atom. The molecular formula is C14H18N2O. The van der Waals surface area contributed by atoms with Crippen LogP contribution in [0.2, 0.25) is 0 Å². The predicted octanol–water partition coefficient (Wildman–Crippen LogP) is 2.49. The van der Waals surface area contributed by atoms with Crippen molar-refractivity contribution in [1.82, 2.24) is 4.90 Å². The number of Topliss-reactive ketones (excluding diaryl/α,β-unsaturated/α-hetero) is 1. The van der Waals surface area contributed by atoms with Gasteiger partial charge in [-0.05, 0) is 13.5 Å². The lowest BCUT2D eigenvalue weighted by atomic mass is 10.1. The first-order valence-electron chi connectivity index (χ1n) is 5.88.